The van der Waals surface area contributed by atoms with E-state index < -0.39 is 0 Å². The second-order valence-electron chi connectivity index (χ2n) is 4.32. The smallest absolute Gasteiger partial charge is 0.175 e. The van der Waals surface area contributed by atoms with Crippen molar-refractivity contribution in [2.24, 2.45) is 0 Å². The molecule has 100 valence electrons. The van der Waals surface area contributed by atoms with Gasteiger partial charge in [0.2, 0.25) is 0 Å². The van der Waals surface area contributed by atoms with Crippen molar-refractivity contribution in [3.8, 4) is 11.5 Å². The van der Waals surface area contributed by atoms with Gasteiger partial charge in [-0.2, -0.15) is 11.3 Å². The lowest BCUT2D eigenvalue weighted by Gasteiger charge is -2.12. The van der Waals surface area contributed by atoms with E-state index in [-0.39, 0.29) is 0 Å². The number of rotatable bonds is 3. The summed E-state index contributed by atoms with van der Waals surface area (Å²) in [5, 5.41) is 7.54. The third kappa shape index (κ3) is 3.04. The summed E-state index contributed by atoms with van der Waals surface area (Å²) in [6.45, 7) is 2.19. The molecule has 1 aliphatic rings. The highest BCUT2D eigenvalue weighted by molar-refractivity contribution is 9.10. The van der Waals surface area contributed by atoms with Gasteiger partial charge in [0.1, 0.15) is 0 Å². The van der Waals surface area contributed by atoms with E-state index in [0.29, 0.717) is 13.2 Å². The Labute approximate surface area is 124 Å². The van der Waals surface area contributed by atoms with Crippen LogP contribution in [0.1, 0.15) is 12.0 Å². The summed E-state index contributed by atoms with van der Waals surface area (Å²) in [6, 6.07) is 6.19. The molecule has 0 saturated carbocycles. The van der Waals surface area contributed by atoms with Gasteiger partial charge in [-0.25, -0.2) is 0 Å². The molecule has 1 aliphatic heterocycles. The van der Waals surface area contributed by atoms with Crippen molar-refractivity contribution in [2.75, 3.05) is 18.5 Å². The highest BCUT2D eigenvalue weighted by Crippen LogP contribution is 2.38. The molecule has 1 aromatic heterocycles. The first-order valence-corrected chi connectivity index (χ1v) is 7.90. The predicted octanol–water partition coefficient (Wildman–Crippen LogP) is 4.28. The van der Waals surface area contributed by atoms with E-state index in [1.165, 1.54) is 5.56 Å². The maximum atomic E-state index is 5.73. The van der Waals surface area contributed by atoms with Gasteiger partial charge in [0.25, 0.3) is 0 Å². The summed E-state index contributed by atoms with van der Waals surface area (Å²) in [7, 11) is 0. The van der Waals surface area contributed by atoms with Crippen molar-refractivity contribution in [3.63, 3.8) is 0 Å². The number of halogens is 1. The van der Waals surface area contributed by atoms with Crippen LogP contribution in [-0.4, -0.2) is 13.2 Å². The van der Waals surface area contributed by atoms with Crippen LogP contribution in [0.4, 0.5) is 5.69 Å². The number of thiophene rings is 1. The average Bonchev–Trinajstić information content (AvgIpc) is 2.81. The number of hydrogen-bond donors (Lipinski definition) is 1. The standard InChI is InChI=1S/C14H14BrNO2S/c15-12-6-10(8-16-11-2-5-19-9-11)7-13-14(12)18-4-1-3-17-13/h2,5-7,9,16H,1,3-4,8H2. The number of benzene rings is 1. The molecule has 0 spiro atoms. The van der Waals surface area contributed by atoms with Crippen LogP contribution in [-0.2, 0) is 6.54 Å². The Morgan fingerprint density at radius 1 is 1.26 bits per heavy atom. The third-order valence-corrected chi connectivity index (χ3v) is 4.15. The van der Waals surface area contributed by atoms with Crippen molar-refractivity contribution >= 4 is 33.0 Å². The van der Waals surface area contributed by atoms with Gasteiger partial charge in [0.15, 0.2) is 11.5 Å². The second-order valence-corrected chi connectivity index (χ2v) is 5.96. The summed E-state index contributed by atoms with van der Waals surface area (Å²) in [4.78, 5) is 0. The van der Waals surface area contributed by atoms with Crippen molar-refractivity contribution in [2.45, 2.75) is 13.0 Å². The highest BCUT2D eigenvalue weighted by Gasteiger charge is 2.15. The second kappa shape index (κ2) is 5.84. The van der Waals surface area contributed by atoms with Crippen molar-refractivity contribution < 1.29 is 9.47 Å². The van der Waals surface area contributed by atoms with E-state index in [1.807, 2.05) is 6.07 Å². The zero-order valence-electron chi connectivity index (χ0n) is 10.3. The van der Waals surface area contributed by atoms with E-state index >= 15 is 0 Å². The molecule has 3 rings (SSSR count). The van der Waals surface area contributed by atoms with Crippen LogP contribution < -0.4 is 14.8 Å². The Morgan fingerprint density at radius 3 is 3.00 bits per heavy atom. The fourth-order valence-corrected chi connectivity index (χ4v) is 3.17. The average molecular weight is 340 g/mol. The molecule has 0 amide bonds. The fourth-order valence-electron chi connectivity index (χ4n) is 1.96. The maximum absolute atomic E-state index is 5.73. The number of anilines is 1. The first kappa shape index (κ1) is 12.8. The minimum Gasteiger partial charge on any atom is -0.490 e. The van der Waals surface area contributed by atoms with Crippen LogP contribution in [0.3, 0.4) is 0 Å². The molecule has 0 radical (unpaired) electrons. The normalized spacial score (nSPS) is 13.9. The molecule has 0 aliphatic carbocycles. The summed E-state index contributed by atoms with van der Waals surface area (Å²) < 4.78 is 12.4. The van der Waals surface area contributed by atoms with Gasteiger partial charge in [-0.15, -0.1) is 0 Å². The third-order valence-electron chi connectivity index (χ3n) is 2.88. The summed E-state index contributed by atoms with van der Waals surface area (Å²) in [6.07, 6.45) is 0.920. The SMILES string of the molecule is Brc1cc(CNc2ccsc2)cc2c1OCCCO2. The van der Waals surface area contributed by atoms with E-state index in [4.69, 9.17) is 9.47 Å². The minimum atomic E-state index is 0.706. The molecular weight excluding hydrogens is 326 g/mol. The Balaban J connectivity index is 1.79. The fraction of sp³-hybridized carbons (Fsp3) is 0.286. The van der Waals surface area contributed by atoms with Crippen LogP contribution in [0, 0.1) is 0 Å². The van der Waals surface area contributed by atoms with E-state index in [0.717, 1.165) is 34.6 Å². The number of hydrogen-bond acceptors (Lipinski definition) is 4. The Morgan fingerprint density at radius 2 is 2.16 bits per heavy atom. The van der Waals surface area contributed by atoms with Gasteiger partial charge >= 0.3 is 0 Å². The molecule has 1 aromatic carbocycles. The highest BCUT2D eigenvalue weighted by atomic mass is 79.9. The number of ether oxygens (including phenoxy) is 2. The van der Waals surface area contributed by atoms with Crippen molar-refractivity contribution in [3.05, 3.63) is 39.0 Å². The first-order chi connectivity index (χ1) is 9.33. The molecule has 2 heterocycles. The molecular formula is C14H14BrNO2S. The summed E-state index contributed by atoms with van der Waals surface area (Å²) >= 11 is 5.24. The molecule has 1 N–H and O–H groups in total. The quantitative estimate of drug-likeness (QED) is 0.904. The monoisotopic (exact) mass is 339 g/mol. The molecule has 3 nitrogen and oxygen atoms in total. The van der Waals surface area contributed by atoms with Gasteiger partial charge in [-0.1, -0.05) is 0 Å². The lowest BCUT2D eigenvalue weighted by atomic mass is 10.2. The molecule has 0 bridgehead atoms. The van der Waals surface area contributed by atoms with Crippen molar-refractivity contribution in [1.29, 1.82) is 0 Å². The molecule has 19 heavy (non-hydrogen) atoms. The summed E-state index contributed by atoms with van der Waals surface area (Å²) in [5.41, 5.74) is 2.32. The Bertz CT molecular complexity index is 557. The van der Waals surface area contributed by atoms with Crippen LogP contribution >= 0.6 is 27.3 Å². The van der Waals surface area contributed by atoms with Gasteiger partial charge in [-0.3, -0.25) is 0 Å². The van der Waals surface area contributed by atoms with E-state index in [2.05, 4.69) is 44.1 Å². The topological polar surface area (TPSA) is 30.5 Å². The van der Waals surface area contributed by atoms with Crippen LogP contribution in [0.15, 0.2) is 33.4 Å². The Hall–Kier alpha value is -1.20. The zero-order chi connectivity index (χ0) is 13.1. The van der Waals surface area contributed by atoms with Gasteiger partial charge < -0.3 is 14.8 Å². The van der Waals surface area contributed by atoms with Crippen LogP contribution in [0.2, 0.25) is 0 Å². The lowest BCUT2D eigenvalue weighted by Crippen LogP contribution is -2.00. The molecule has 0 fully saturated rings. The molecule has 5 heteroatoms. The zero-order valence-corrected chi connectivity index (χ0v) is 12.7. The van der Waals surface area contributed by atoms with Gasteiger partial charge in [0.05, 0.1) is 17.7 Å². The first-order valence-electron chi connectivity index (χ1n) is 6.17. The number of nitrogens with one attached hydrogen (secondary N) is 1. The number of fused-ring (bicyclic) bond motifs is 1. The molecule has 2 aromatic rings. The van der Waals surface area contributed by atoms with Gasteiger partial charge in [-0.05, 0) is 45.1 Å². The Kier molecular flexibility index (Phi) is 3.94. The van der Waals surface area contributed by atoms with Crippen LogP contribution in [0.5, 0.6) is 11.5 Å². The minimum absolute atomic E-state index is 0.706. The van der Waals surface area contributed by atoms with E-state index in [9.17, 15) is 0 Å². The van der Waals surface area contributed by atoms with Crippen LogP contribution in [0.25, 0.3) is 0 Å². The lowest BCUT2D eigenvalue weighted by molar-refractivity contribution is 0.296. The largest absolute Gasteiger partial charge is 0.490 e. The molecule has 0 atom stereocenters. The van der Waals surface area contributed by atoms with Crippen molar-refractivity contribution in [1.82, 2.24) is 0 Å². The summed E-state index contributed by atoms with van der Waals surface area (Å²) in [5.74, 6) is 1.64. The van der Waals surface area contributed by atoms with E-state index in [1.54, 1.807) is 11.3 Å². The molecule has 0 saturated heterocycles. The molecule has 0 unspecified atom stereocenters. The van der Waals surface area contributed by atoms with Gasteiger partial charge in [0, 0.05) is 24.0 Å². The maximum Gasteiger partial charge on any atom is 0.175 e. The predicted molar refractivity (Wildman–Crippen MR) is 81.4 cm³/mol.